The molecule has 2 atom stereocenters. The van der Waals surface area contributed by atoms with E-state index in [0.717, 1.165) is 30.1 Å². The number of phenolic OH excluding ortho intramolecular Hbond substituents is 1. The van der Waals surface area contributed by atoms with Crippen LogP contribution in [0.25, 0.3) is 11.5 Å². The molecule has 2 unspecified atom stereocenters. The van der Waals surface area contributed by atoms with E-state index in [0.29, 0.717) is 11.8 Å². The Morgan fingerprint density at radius 3 is 2.74 bits per heavy atom. The van der Waals surface area contributed by atoms with Crippen molar-refractivity contribution in [2.24, 2.45) is 5.92 Å². The van der Waals surface area contributed by atoms with Gasteiger partial charge in [-0.25, -0.2) is 0 Å². The summed E-state index contributed by atoms with van der Waals surface area (Å²) in [6, 6.07) is 6.83. The minimum atomic E-state index is 0.240. The number of nitrogens with zero attached hydrogens (tertiary/aromatic N) is 2. The van der Waals surface area contributed by atoms with Crippen LogP contribution in [0.4, 0.5) is 0 Å². The van der Waals surface area contributed by atoms with Gasteiger partial charge in [-0.1, -0.05) is 24.9 Å². The molecule has 0 aliphatic heterocycles. The first kappa shape index (κ1) is 12.2. The van der Waals surface area contributed by atoms with Gasteiger partial charge in [0, 0.05) is 11.5 Å². The fourth-order valence-electron chi connectivity index (χ4n) is 2.79. The zero-order chi connectivity index (χ0) is 13.2. The van der Waals surface area contributed by atoms with Crippen LogP contribution in [-0.4, -0.2) is 15.2 Å². The van der Waals surface area contributed by atoms with E-state index in [1.165, 1.54) is 12.8 Å². The van der Waals surface area contributed by atoms with Crippen LogP contribution >= 0.6 is 0 Å². The highest BCUT2D eigenvalue weighted by Gasteiger charge is 2.24. The molecule has 0 bridgehead atoms. The Morgan fingerprint density at radius 2 is 2.00 bits per heavy atom. The van der Waals surface area contributed by atoms with Gasteiger partial charge in [-0.05, 0) is 43.0 Å². The van der Waals surface area contributed by atoms with Crippen molar-refractivity contribution in [3.8, 4) is 17.2 Å². The molecular weight excluding hydrogens is 240 g/mol. The normalized spacial score (nSPS) is 23.4. The quantitative estimate of drug-likeness (QED) is 0.891. The molecular formula is C15H18N2O2. The van der Waals surface area contributed by atoms with Crippen LogP contribution in [0.3, 0.4) is 0 Å². The van der Waals surface area contributed by atoms with Crippen LogP contribution in [0.15, 0.2) is 28.8 Å². The summed E-state index contributed by atoms with van der Waals surface area (Å²) >= 11 is 0. The lowest BCUT2D eigenvalue weighted by atomic mass is 9.82. The summed E-state index contributed by atoms with van der Waals surface area (Å²) in [6.45, 7) is 2.28. The highest BCUT2D eigenvalue weighted by molar-refractivity contribution is 5.54. The van der Waals surface area contributed by atoms with Crippen LogP contribution in [-0.2, 0) is 0 Å². The largest absolute Gasteiger partial charge is 0.508 e. The van der Waals surface area contributed by atoms with Crippen molar-refractivity contribution in [2.75, 3.05) is 0 Å². The van der Waals surface area contributed by atoms with Crippen LogP contribution in [0.2, 0.25) is 0 Å². The van der Waals surface area contributed by atoms with Crippen LogP contribution < -0.4 is 0 Å². The lowest BCUT2D eigenvalue weighted by Gasteiger charge is -2.23. The third kappa shape index (κ3) is 2.62. The van der Waals surface area contributed by atoms with Crippen LogP contribution in [0.5, 0.6) is 5.75 Å². The van der Waals surface area contributed by atoms with Crippen molar-refractivity contribution >= 4 is 0 Å². The molecule has 100 valence electrons. The Labute approximate surface area is 112 Å². The molecule has 0 spiro atoms. The molecule has 1 aliphatic rings. The van der Waals surface area contributed by atoms with Crippen molar-refractivity contribution in [3.63, 3.8) is 0 Å². The number of aromatic hydroxyl groups is 1. The Bertz CT molecular complexity index is 548. The Hall–Kier alpha value is -1.84. The van der Waals surface area contributed by atoms with Gasteiger partial charge in [0.05, 0.1) is 0 Å². The maximum atomic E-state index is 9.28. The van der Waals surface area contributed by atoms with Gasteiger partial charge in [0.2, 0.25) is 0 Å². The summed E-state index contributed by atoms with van der Waals surface area (Å²) in [7, 11) is 0. The number of hydrogen-bond donors (Lipinski definition) is 1. The number of rotatable bonds is 2. The van der Waals surface area contributed by atoms with Gasteiger partial charge in [0.15, 0.2) is 5.82 Å². The lowest BCUT2D eigenvalue weighted by Crippen LogP contribution is -2.12. The van der Waals surface area contributed by atoms with Crippen molar-refractivity contribution in [2.45, 2.75) is 38.5 Å². The molecule has 1 heterocycles. The lowest BCUT2D eigenvalue weighted by molar-refractivity contribution is 0.324. The Morgan fingerprint density at radius 1 is 1.21 bits per heavy atom. The number of hydrogen-bond acceptors (Lipinski definition) is 4. The predicted molar refractivity (Wildman–Crippen MR) is 71.8 cm³/mol. The van der Waals surface area contributed by atoms with Gasteiger partial charge in [-0.2, -0.15) is 4.98 Å². The molecule has 0 saturated heterocycles. The zero-order valence-corrected chi connectivity index (χ0v) is 11.0. The molecule has 0 amide bonds. The summed E-state index contributed by atoms with van der Waals surface area (Å²) < 4.78 is 5.34. The minimum Gasteiger partial charge on any atom is -0.508 e. The van der Waals surface area contributed by atoms with Crippen molar-refractivity contribution in [3.05, 3.63) is 30.1 Å². The first-order chi connectivity index (χ1) is 9.22. The van der Waals surface area contributed by atoms with E-state index >= 15 is 0 Å². The van der Waals surface area contributed by atoms with Crippen molar-refractivity contribution < 1.29 is 9.63 Å². The van der Waals surface area contributed by atoms with E-state index in [1.807, 2.05) is 0 Å². The highest BCUT2D eigenvalue weighted by Crippen LogP contribution is 2.35. The topological polar surface area (TPSA) is 59.2 Å². The molecule has 1 N–H and O–H groups in total. The SMILES string of the molecule is CC1CCCC(c2noc(-c3ccc(O)cc3)n2)C1. The molecule has 0 radical (unpaired) electrons. The molecule has 1 aromatic carbocycles. The summed E-state index contributed by atoms with van der Waals surface area (Å²) in [6.07, 6.45) is 4.85. The predicted octanol–water partition coefficient (Wildman–Crippen LogP) is 3.74. The Balaban J connectivity index is 1.81. The molecule has 3 rings (SSSR count). The molecule has 1 aliphatic carbocycles. The van der Waals surface area contributed by atoms with E-state index < -0.39 is 0 Å². The highest BCUT2D eigenvalue weighted by atomic mass is 16.5. The smallest absolute Gasteiger partial charge is 0.257 e. The zero-order valence-electron chi connectivity index (χ0n) is 11.0. The summed E-state index contributed by atoms with van der Waals surface area (Å²) in [4.78, 5) is 4.51. The molecule has 4 heteroatoms. The first-order valence-electron chi connectivity index (χ1n) is 6.85. The van der Waals surface area contributed by atoms with E-state index in [-0.39, 0.29) is 5.75 Å². The molecule has 2 aromatic rings. The third-order valence-corrected chi connectivity index (χ3v) is 3.86. The first-order valence-corrected chi connectivity index (χ1v) is 6.85. The third-order valence-electron chi connectivity index (χ3n) is 3.86. The van der Waals surface area contributed by atoms with E-state index in [9.17, 15) is 5.11 Å². The molecule has 1 fully saturated rings. The van der Waals surface area contributed by atoms with Crippen LogP contribution in [0.1, 0.15) is 44.3 Å². The second kappa shape index (κ2) is 5.03. The average Bonchev–Trinajstić information content (AvgIpc) is 2.89. The number of phenols is 1. The number of benzene rings is 1. The molecule has 4 nitrogen and oxygen atoms in total. The van der Waals surface area contributed by atoms with Crippen molar-refractivity contribution in [1.82, 2.24) is 10.1 Å². The maximum absolute atomic E-state index is 9.28. The van der Waals surface area contributed by atoms with Gasteiger partial charge in [-0.3, -0.25) is 0 Å². The second-order valence-electron chi connectivity index (χ2n) is 5.47. The summed E-state index contributed by atoms with van der Waals surface area (Å²) in [5.74, 6) is 2.78. The van der Waals surface area contributed by atoms with E-state index in [1.54, 1.807) is 24.3 Å². The fraction of sp³-hybridized carbons (Fsp3) is 0.467. The molecule has 19 heavy (non-hydrogen) atoms. The van der Waals surface area contributed by atoms with Crippen molar-refractivity contribution in [1.29, 1.82) is 0 Å². The standard InChI is InChI=1S/C15H18N2O2/c1-10-3-2-4-12(9-10)14-16-15(19-17-14)11-5-7-13(18)8-6-11/h5-8,10,12,18H,2-4,9H2,1H3. The van der Waals surface area contributed by atoms with Gasteiger partial charge >= 0.3 is 0 Å². The van der Waals surface area contributed by atoms with Crippen LogP contribution in [0, 0.1) is 5.92 Å². The van der Waals surface area contributed by atoms with Gasteiger partial charge < -0.3 is 9.63 Å². The number of aromatic nitrogens is 2. The monoisotopic (exact) mass is 258 g/mol. The summed E-state index contributed by atoms with van der Waals surface area (Å²) in [5.41, 5.74) is 0.848. The Kier molecular flexibility index (Phi) is 3.23. The second-order valence-corrected chi connectivity index (χ2v) is 5.47. The maximum Gasteiger partial charge on any atom is 0.257 e. The van der Waals surface area contributed by atoms with Gasteiger partial charge in [0.25, 0.3) is 5.89 Å². The molecule has 1 saturated carbocycles. The van der Waals surface area contributed by atoms with Gasteiger partial charge in [-0.15, -0.1) is 0 Å². The average molecular weight is 258 g/mol. The van der Waals surface area contributed by atoms with E-state index in [4.69, 9.17) is 4.52 Å². The molecule has 1 aromatic heterocycles. The van der Waals surface area contributed by atoms with E-state index in [2.05, 4.69) is 17.1 Å². The fourth-order valence-corrected chi connectivity index (χ4v) is 2.79. The van der Waals surface area contributed by atoms with Gasteiger partial charge in [0.1, 0.15) is 5.75 Å². The summed E-state index contributed by atoms with van der Waals surface area (Å²) in [5, 5.41) is 13.4. The minimum absolute atomic E-state index is 0.240.